The van der Waals surface area contributed by atoms with Crippen molar-refractivity contribution in [3.05, 3.63) is 53.0 Å². The molecule has 120 valence electrons. The molecule has 0 saturated carbocycles. The molecule has 0 aliphatic rings. The van der Waals surface area contributed by atoms with Gasteiger partial charge in [0, 0.05) is 6.20 Å². The molecule has 7 nitrogen and oxygen atoms in total. The van der Waals surface area contributed by atoms with Crippen LogP contribution < -0.4 is 10.5 Å². The Hall–Kier alpha value is -3.40. The Balaban J connectivity index is 1.98. The summed E-state index contributed by atoms with van der Waals surface area (Å²) in [6.07, 6.45) is 1.68. The third kappa shape index (κ3) is 3.03. The van der Waals surface area contributed by atoms with Gasteiger partial charge in [0.05, 0.1) is 5.69 Å². The van der Waals surface area contributed by atoms with E-state index >= 15 is 0 Å². The minimum atomic E-state index is 0.00537. The number of nitrogens with zero attached hydrogens (tertiary/aromatic N) is 4. The highest BCUT2D eigenvalue weighted by atomic mass is 16.5. The Kier molecular flexibility index (Phi) is 4.12. The molecule has 0 radical (unpaired) electrons. The van der Waals surface area contributed by atoms with Gasteiger partial charge >= 0.3 is 0 Å². The first kappa shape index (κ1) is 15.5. The van der Waals surface area contributed by atoms with E-state index in [-0.39, 0.29) is 24.0 Å². The van der Waals surface area contributed by atoms with Gasteiger partial charge in [0.15, 0.2) is 5.76 Å². The van der Waals surface area contributed by atoms with E-state index in [0.717, 1.165) is 11.3 Å². The minimum absolute atomic E-state index is 0.00537. The maximum Gasteiger partial charge on any atom is 0.237 e. The summed E-state index contributed by atoms with van der Waals surface area (Å²) in [6.45, 7) is 3.91. The van der Waals surface area contributed by atoms with E-state index in [1.165, 1.54) is 0 Å². The van der Waals surface area contributed by atoms with Crippen LogP contribution in [0.15, 0.2) is 34.9 Å². The van der Waals surface area contributed by atoms with Crippen LogP contribution in [-0.2, 0) is 6.61 Å². The maximum absolute atomic E-state index is 9.50. The number of nitrogen functional groups attached to an aromatic ring is 1. The fraction of sp³-hybridized carbons (Fsp3) is 0.176. The van der Waals surface area contributed by atoms with Gasteiger partial charge in [-0.3, -0.25) is 4.98 Å². The van der Waals surface area contributed by atoms with Crippen molar-refractivity contribution in [3.63, 3.8) is 0 Å². The number of aromatic nitrogens is 3. The number of anilines is 1. The predicted octanol–water partition coefficient (Wildman–Crippen LogP) is 2.78. The number of pyridine rings is 1. The van der Waals surface area contributed by atoms with Crippen LogP contribution in [-0.4, -0.2) is 15.0 Å². The molecule has 7 heteroatoms. The average molecular weight is 321 g/mol. The standard InChI is InChI=1S/C17H15N5O2/c1-10-4-3-7-20-13(10)9-23-16-12(8-18)15(21-17(19)22-16)14-6-5-11(2)24-14/h3-7H,9H2,1-2H3,(H2,19,21,22). The third-order valence-corrected chi connectivity index (χ3v) is 3.44. The first-order valence-electron chi connectivity index (χ1n) is 7.26. The van der Waals surface area contributed by atoms with Gasteiger partial charge in [-0.15, -0.1) is 0 Å². The number of furan rings is 1. The number of nitrogens with two attached hydrogens (primary N) is 1. The first-order valence-corrected chi connectivity index (χ1v) is 7.26. The smallest absolute Gasteiger partial charge is 0.237 e. The van der Waals surface area contributed by atoms with Crippen molar-refractivity contribution >= 4 is 5.95 Å². The summed E-state index contributed by atoms with van der Waals surface area (Å²) >= 11 is 0. The molecule has 2 N–H and O–H groups in total. The Morgan fingerprint density at radius 3 is 2.75 bits per heavy atom. The first-order chi connectivity index (χ1) is 11.6. The zero-order valence-electron chi connectivity index (χ0n) is 13.3. The second kappa shape index (κ2) is 6.38. The van der Waals surface area contributed by atoms with Gasteiger partial charge in [-0.05, 0) is 37.6 Å². The Morgan fingerprint density at radius 2 is 2.08 bits per heavy atom. The molecular formula is C17H15N5O2. The van der Waals surface area contributed by atoms with Crippen LogP contribution in [0, 0.1) is 25.2 Å². The largest absolute Gasteiger partial charge is 0.470 e. The van der Waals surface area contributed by atoms with E-state index in [1.54, 1.807) is 25.3 Å². The van der Waals surface area contributed by atoms with E-state index < -0.39 is 0 Å². The van der Waals surface area contributed by atoms with Gasteiger partial charge in [-0.2, -0.15) is 10.2 Å². The molecule has 0 aromatic carbocycles. The molecule has 0 amide bonds. The van der Waals surface area contributed by atoms with Gasteiger partial charge in [-0.1, -0.05) is 6.07 Å². The monoisotopic (exact) mass is 321 g/mol. The van der Waals surface area contributed by atoms with Gasteiger partial charge < -0.3 is 14.9 Å². The van der Waals surface area contributed by atoms with Crippen molar-refractivity contribution in [1.29, 1.82) is 5.26 Å². The molecule has 3 aromatic rings. The lowest BCUT2D eigenvalue weighted by molar-refractivity contribution is 0.287. The van der Waals surface area contributed by atoms with E-state index in [4.69, 9.17) is 14.9 Å². The predicted molar refractivity (Wildman–Crippen MR) is 86.9 cm³/mol. The molecule has 0 aliphatic carbocycles. The zero-order valence-corrected chi connectivity index (χ0v) is 13.3. The Bertz CT molecular complexity index is 927. The highest BCUT2D eigenvalue weighted by Gasteiger charge is 2.19. The summed E-state index contributed by atoms with van der Waals surface area (Å²) in [4.78, 5) is 12.4. The Labute approximate surface area is 138 Å². The minimum Gasteiger partial charge on any atom is -0.470 e. The van der Waals surface area contributed by atoms with Crippen LogP contribution in [0.5, 0.6) is 5.88 Å². The van der Waals surface area contributed by atoms with Gasteiger partial charge in [0.25, 0.3) is 0 Å². The summed E-state index contributed by atoms with van der Waals surface area (Å²) < 4.78 is 11.2. The van der Waals surface area contributed by atoms with Crippen LogP contribution in [0.25, 0.3) is 11.5 Å². The zero-order chi connectivity index (χ0) is 17.1. The molecule has 0 unspecified atom stereocenters. The van der Waals surface area contributed by atoms with Gasteiger partial charge in [0.2, 0.25) is 11.8 Å². The molecule has 0 atom stereocenters. The maximum atomic E-state index is 9.50. The average Bonchev–Trinajstić information content (AvgIpc) is 3.00. The van der Waals surface area contributed by atoms with Crippen molar-refractivity contribution in [2.24, 2.45) is 0 Å². The van der Waals surface area contributed by atoms with Crippen molar-refractivity contribution < 1.29 is 9.15 Å². The molecule has 3 heterocycles. The molecule has 0 spiro atoms. The molecule has 3 aromatic heterocycles. The number of hydrogen-bond donors (Lipinski definition) is 1. The second-order valence-corrected chi connectivity index (χ2v) is 5.19. The number of nitriles is 1. The molecule has 3 rings (SSSR count). The highest BCUT2D eigenvalue weighted by Crippen LogP contribution is 2.29. The number of ether oxygens (including phenoxy) is 1. The highest BCUT2D eigenvalue weighted by molar-refractivity contribution is 5.66. The van der Waals surface area contributed by atoms with E-state index in [0.29, 0.717) is 17.2 Å². The Morgan fingerprint density at radius 1 is 1.25 bits per heavy atom. The topological polar surface area (TPSA) is 111 Å². The van der Waals surface area contributed by atoms with E-state index in [1.807, 2.05) is 19.1 Å². The van der Waals surface area contributed by atoms with Crippen molar-refractivity contribution in [1.82, 2.24) is 15.0 Å². The van der Waals surface area contributed by atoms with E-state index in [2.05, 4.69) is 21.0 Å². The van der Waals surface area contributed by atoms with Crippen LogP contribution in [0.2, 0.25) is 0 Å². The lowest BCUT2D eigenvalue weighted by Gasteiger charge is -2.10. The quantitative estimate of drug-likeness (QED) is 0.786. The SMILES string of the molecule is Cc1ccc(-c2nc(N)nc(OCc3ncccc3C)c2C#N)o1. The van der Waals surface area contributed by atoms with Crippen LogP contribution in [0.3, 0.4) is 0 Å². The fourth-order valence-corrected chi connectivity index (χ4v) is 2.21. The second-order valence-electron chi connectivity index (χ2n) is 5.19. The van der Waals surface area contributed by atoms with Crippen LogP contribution in [0.4, 0.5) is 5.95 Å². The van der Waals surface area contributed by atoms with Crippen molar-refractivity contribution in [3.8, 4) is 23.4 Å². The summed E-state index contributed by atoms with van der Waals surface area (Å²) in [5.74, 6) is 1.26. The van der Waals surface area contributed by atoms with Crippen LogP contribution >= 0.6 is 0 Å². The summed E-state index contributed by atoms with van der Waals surface area (Å²) in [5, 5.41) is 9.50. The lowest BCUT2D eigenvalue weighted by Crippen LogP contribution is -2.07. The van der Waals surface area contributed by atoms with Crippen molar-refractivity contribution in [2.75, 3.05) is 5.73 Å². The fourth-order valence-electron chi connectivity index (χ4n) is 2.21. The molecule has 0 fully saturated rings. The van der Waals surface area contributed by atoms with Crippen molar-refractivity contribution in [2.45, 2.75) is 20.5 Å². The number of rotatable bonds is 4. The van der Waals surface area contributed by atoms with Gasteiger partial charge in [0.1, 0.15) is 29.7 Å². The summed E-state index contributed by atoms with van der Waals surface area (Å²) in [6, 6.07) is 9.35. The number of hydrogen-bond acceptors (Lipinski definition) is 7. The van der Waals surface area contributed by atoms with Gasteiger partial charge in [-0.25, -0.2) is 4.98 Å². The summed E-state index contributed by atoms with van der Waals surface area (Å²) in [7, 11) is 0. The van der Waals surface area contributed by atoms with E-state index in [9.17, 15) is 5.26 Å². The normalized spacial score (nSPS) is 10.4. The molecular weight excluding hydrogens is 306 g/mol. The number of aryl methyl sites for hydroxylation is 2. The third-order valence-electron chi connectivity index (χ3n) is 3.44. The lowest BCUT2D eigenvalue weighted by atomic mass is 10.2. The summed E-state index contributed by atoms with van der Waals surface area (Å²) in [5.41, 5.74) is 7.99. The molecule has 24 heavy (non-hydrogen) atoms. The van der Waals surface area contributed by atoms with Crippen LogP contribution in [0.1, 0.15) is 22.6 Å². The molecule has 0 saturated heterocycles. The molecule has 0 aliphatic heterocycles. The molecule has 0 bridgehead atoms.